The number of fused-ring (bicyclic) bond motifs is 1. The molecule has 3 heteroatoms. The number of benzene rings is 1. The first-order chi connectivity index (χ1) is 9.06. The molecule has 0 aromatic heterocycles. The highest BCUT2D eigenvalue weighted by Crippen LogP contribution is 2.33. The lowest BCUT2D eigenvalue weighted by Gasteiger charge is -2.18. The Hall–Kier alpha value is -1.64. The zero-order chi connectivity index (χ0) is 14.0. The topological polar surface area (TPSA) is 37.4 Å². The molecule has 2 rings (SSSR count). The molecule has 0 atom stereocenters. The number of rotatable bonds is 5. The van der Waals surface area contributed by atoms with E-state index in [1.807, 2.05) is 26.0 Å². The predicted octanol–water partition coefficient (Wildman–Crippen LogP) is 3.41. The molecule has 0 aliphatic carbocycles. The third-order valence-electron chi connectivity index (χ3n) is 3.63. The van der Waals surface area contributed by atoms with E-state index in [1.165, 1.54) is 12.8 Å². The summed E-state index contributed by atoms with van der Waals surface area (Å²) in [4.78, 5) is 25.7. The molecule has 0 N–H and O–H groups in total. The summed E-state index contributed by atoms with van der Waals surface area (Å²) in [5, 5.41) is 0. The Balaban J connectivity index is 2.23. The summed E-state index contributed by atoms with van der Waals surface area (Å²) in [7, 11) is 0. The highest BCUT2D eigenvalue weighted by Gasteiger charge is 2.36. The van der Waals surface area contributed by atoms with Crippen molar-refractivity contribution in [3.63, 3.8) is 0 Å². The minimum atomic E-state index is -0.361. The van der Waals surface area contributed by atoms with E-state index in [0.717, 1.165) is 29.7 Å². The Bertz CT molecular complexity index is 520. The Morgan fingerprint density at radius 1 is 1.05 bits per heavy atom. The predicted molar refractivity (Wildman–Crippen MR) is 76.7 cm³/mol. The van der Waals surface area contributed by atoms with Crippen LogP contribution in [0.15, 0.2) is 12.1 Å². The molecule has 0 radical (unpaired) electrons. The monoisotopic (exact) mass is 259 g/mol. The maximum atomic E-state index is 12.1. The molecule has 1 aliphatic heterocycles. The van der Waals surface area contributed by atoms with Crippen LogP contribution in [0.3, 0.4) is 0 Å². The molecule has 0 fully saturated rings. The van der Waals surface area contributed by atoms with Gasteiger partial charge in [-0.25, -0.2) is 0 Å². The smallest absolute Gasteiger partial charge is 0.299 e. The minimum Gasteiger partial charge on any atom is -0.304 e. The second kappa shape index (κ2) is 5.55. The molecule has 3 nitrogen and oxygen atoms in total. The molecule has 1 amide bonds. The van der Waals surface area contributed by atoms with Gasteiger partial charge < -0.3 is 4.90 Å². The number of carbonyl (C=O) groups is 2. The number of ketones is 1. The number of carbonyl (C=O) groups excluding carboxylic acids is 2. The third kappa shape index (κ3) is 2.55. The Morgan fingerprint density at radius 2 is 1.79 bits per heavy atom. The van der Waals surface area contributed by atoms with Crippen molar-refractivity contribution in [1.82, 2.24) is 0 Å². The average molecular weight is 259 g/mol. The summed E-state index contributed by atoms with van der Waals surface area (Å²) in [5.74, 6) is -0.711. The molecule has 102 valence electrons. The van der Waals surface area contributed by atoms with Crippen LogP contribution < -0.4 is 4.90 Å². The number of unbranched alkanes of at least 4 members (excludes halogenated alkanes) is 3. The van der Waals surface area contributed by atoms with E-state index >= 15 is 0 Å². The number of anilines is 1. The number of amides is 1. The normalized spacial score (nSPS) is 14.2. The molecule has 1 aromatic rings. The van der Waals surface area contributed by atoms with Gasteiger partial charge in [0.2, 0.25) is 0 Å². The molecular weight excluding hydrogens is 238 g/mol. The summed E-state index contributed by atoms with van der Waals surface area (Å²) in [6, 6.07) is 3.86. The van der Waals surface area contributed by atoms with E-state index in [0.29, 0.717) is 12.1 Å². The van der Waals surface area contributed by atoms with Gasteiger partial charge in [-0.15, -0.1) is 0 Å². The number of nitrogens with zero attached hydrogens (tertiary/aromatic N) is 1. The van der Waals surface area contributed by atoms with E-state index in [1.54, 1.807) is 4.90 Å². The van der Waals surface area contributed by atoms with Crippen LogP contribution in [-0.4, -0.2) is 18.2 Å². The average Bonchev–Trinajstić information content (AvgIpc) is 2.60. The fraction of sp³-hybridized carbons (Fsp3) is 0.500. The van der Waals surface area contributed by atoms with Gasteiger partial charge in [0.25, 0.3) is 11.7 Å². The highest BCUT2D eigenvalue weighted by atomic mass is 16.2. The third-order valence-corrected chi connectivity index (χ3v) is 3.63. The number of hydrogen-bond acceptors (Lipinski definition) is 2. The van der Waals surface area contributed by atoms with Gasteiger partial charge >= 0.3 is 0 Å². The van der Waals surface area contributed by atoms with E-state index in [9.17, 15) is 9.59 Å². The van der Waals surface area contributed by atoms with Crippen molar-refractivity contribution in [3.05, 3.63) is 28.8 Å². The van der Waals surface area contributed by atoms with Crippen LogP contribution in [0.25, 0.3) is 0 Å². The Labute approximate surface area is 114 Å². The molecule has 1 heterocycles. The Kier molecular flexibility index (Phi) is 4.03. The van der Waals surface area contributed by atoms with Crippen molar-refractivity contribution < 1.29 is 9.59 Å². The molecule has 1 aliphatic rings. The van der Waals surface area contributed by atoms with Crippen molar-refractivity contribution in [3.8, 4) is 0 Å². The number of hydrogen-bond donors (Lipinski definition) is 0. The summed E-state index contributed by atoms with van der Waals surface area (Å²) in [5.41, 5.74) is 3.46. The van der Waals surface area contributed by atoms with Crippen molar-refractivity contribution in [1.29, 1.82) is 0 Å². The zero-order valence-electron chi connectivity index (χ0n) is 12.0. The molecule has 0 bridgehead atoms. The number of aryl methyl sites for hydroxylation is 2. The first-order valence-electron chi connectivity index (χ1n) is 7.03. The van der Waals surface area contributed by atoms with Gasteiger partial charge in [-0.2, -0.15) is 0 Å². The standard InChI is InChI=1S/C16H21NO2/c1-4-5-6-7-8-17-14-12(3)9-11(2)10-13(14)15(18)16(17)19/h9-10H,4-8H2,1-3H3. The van der Waals surface area contributed by atoms with E-state index in [4.69, 9.17) is 0 Å². The molecule has 0 saturated heterocycles. The van der Waals surface area contributed by atoms with Crippen molar-refractivity contribution in [2.24, 2.45) is 0 Å². The van der Waals surface area contributed by atoms with Crippen LogP contribution in [0.5, 0.6) is 0 Å². The van der Waals surface area contributed by atoms with Crippen molar-refractivity contribution in [2.75, 3.05) is 11.4 Å². The minimum absolute atomic E-state index is 0.350. The molecule has 0 unspecified atom stereocenters. The van der Waals surface area contributed by atoms with Crippen LogP contribution >= 0.6 is 0 Å². The fourth-order valence-corrected chi connectivity index (χ4v) is 2.74. The van der Waals surface area contributed by atoms with Gasteiger partial charge in [-0.1, -0.05) is 32.3 Å². The summed E-state index contributed by atoms with van der Waals surface area (Å²) < 4.78 is 0. The lowest BCUT2D eigenvalue weighted by atomic mass is 10.0. The van der Waals surface area contributed by atoms with Crippen molar-refractivity contribution in [2.45, 2.75) is 46.5 Å². The maximum Gasteiger partial charge on any atom is 0.299 e. The first kappa shape index (κ1) is 13.8. The molecule has 0 spiro atoms. The lowest BCUT2D eigenvalue weighted by molar-refractivity contribution is -0.114. The van der Waals surface area contributed by atoms with Gasteiger partial charge in [-0.05, 0) is 37.5 Å². The molecule has 1 aromatic carbocycles. The molecule has 0 saturated carbocycles. The zero-order valence-corrected chi connectivity index (χ0v) is 12.0. The van der Waals surface area contributed by atoms with E-state index < -0.39 is 0 Å². The Morgan fingerprint density at radius 3 is 2.47 bits per heavy atom. The van der Waals surface area contributed by atoms with Gasteiger partial charge in [0.05, 0.1) is 11.3 Å². The summed E-state index contributed by atoms with van der Waals surface area (Å²) >= 11 is 0. The summed E-state index contributed by atoms with van der Waals surface area (Å²) in [6.07, 6.45) is 4.41. The van der Waals surface area contributed by atoms with E-state index in [2.05, 4.69) is 6.92 Å². The maximum absolute atomic E-state index is 12.1. The van der Waals surface area contributed by atoms with Crippen LogP contribution in [0.2, 0.25) is 0 Å². The van der Waals surface area contributed by atoms with Gasteiger partial charge in [-0.3, -0.25) is 9.59 Å². The van der Waals surface area contributed by atoms with E-state index in [-0.39, 0.29) is 11.7 Å². The molecule has 19 heavy (non-hydrogen) atoms. The second-order valence-electron chi connectivity index (χ2n) is 5.32. The van der Waals surface area contributed by atoms with Gasteiger partial charge in [0.15, 0.2) is 0 Å². The first-order valence-corrected chi connectivity index (χ1v) is 7.03. The second-order valence-corrected chi connectivity index (χ2v) is 5.32. The SMILES string of the molecule is CCCCCCN1C(=O)C(=O)c2cc(C)cc(C)c21. The van der Waals surface area contributed by atoms with Crippen LogP contribution in [0, 0.1) is 13.8 Å². The molecular formula is C16H21NO2. The van der Waals surface area contributed by atoms with Crippen LogP contribution in [0.4, 0.5) is 5.69 Å². The quantitative estimate of drug-likeness (QED) is 0.600. The van der Waals surface area contributed by atoms with Gasteiger partial charge in [0, 0.05) is 6.54 Å². The summed E-state index contributed by atoms with van der Waals surface area (Å²) in [6.45, 7) is 6.74. The highest BCUT2D eigenvalue weighted by molar-refractivity contribution is 6.52. The van der Waals surface area contributed by atoms with Crippen LogP contribution in [-0.2, 0) is 4.79 Å². The fourth-order valence-electron chi connectivity index (χ4n) is 2.74. The van der Waals surface area contributed by atoms with Crippen molar-refractivity contribution >= 4 is 17.4 Å². The number of Topliss-reactive ketones (excluding diaryl/α,β-unsaturated/α-hetero) is 1. The largest absolute Gasteiger partial charge is 0.304 e. The van der Waals surface area contributed by atoms with Crippen LogP contribution in [0.1, 0.15) is 54.1 Å². The lowest BCUT2D eigenvalue weighted by Crippen LogP contribution is -2.31. The van der Waals surface area contributed by atoms with Gasteiger partial charge in [0.1, 0.15) is 0 Å².